The van der Waals surface area contributed by atoms with E-state index in [1.807, 2.05) is 13.8 Å². The van der Waals surface area contributed by atoms with Crippen molar-refractivity contribution in [2.75, 3.05) is 6.61 Å². The number of rotatable bonds is 3. The molecule has 2 rings (SSSR count). The molecular formula is C16H17ClO4. The van der Waals surface area contributed by atoms with Gasteiger partial charge in [0.1, 0.15) is 23.7 Å². The van der Waals surface area contributed by atoms with Crippen molar-refractivity contribution in [3.63, 3.8) is 0 Å². The first-order chi connectivity index (χ1) is 9.80. The molecule has 1 aliphatic rings. The van der Waals surface area contributed by atoms with Crippen molar-refractivity contribution in [3.8, 4) is 5.75 Å². The van der Waals surface area contributed by atoms with Gasteiger partial charge in [0.05, 0.1) is 5.02 Å². The molecule has 1 aromatic rings. The fraction of sp³-hybridized carbons (Fsp3) is 0.375. The molecule has 1 saturated carbocycles. The maximum Gasteiger partial charge on any atom is 0.170 e. The maximum absolute atomic E-state index is 12.0. The summed E-state index contributed by atoms with van der Waals surface area (Å²) >= 11 is 5.93. The van der Waals surface area contributed by atoms with Gasteiger partial charge in [0.25, 0.3) is 0 Å². The van der Waals surface area contributed by atoms with Crippen LogP contribution >= 0.6 is 11.6 Å². The second-order valence-electron chi connectivity index (χ2n) is 5.90. The topological polar surface area (TPSA) is 63.6 Å². The number of carbonyl (C=O) groups excluding carboxylic acids is 2. The number of Topliss-reactive ketones (excluding diaryl/α,β-unsaturated/α-hetero) is 2. The number of hydrogen-bond donors (Lipinski definition) is 1. The maximum atomic E-state index is 12.0. The van der Waals surface area contributed by atoms with Crippen LogP contribution in [-0.2, 0) is 9.59 Å². The summed E-state index contributed by atoms with van der Waals surface area (Å²) in [5.41, 5.74) is -0.497. The summed E-state index contributed by atoms with van der Waals surface area (Å²) < 4.78 is 5.36. The molecule has 4 nitrogen and oxygen atoms in total. The normalized spacial score (nSPS) is 17.8. The first-order valence-corrected chi connectivity index (χ1v) is 7.04. The SMILES string of the molecule is CC1(C)CC(=O)C(=C(O)COc2ccccc2Cl)C(=O)C1. The van der Waals surface area contributed by atoms with Gasteiger partial charge >= 0.3 is 0 Å². The molecule has 0 aliphatic heterocycles. The Morgan fingerprint density at radius 1 is 1.24 bits per heavy atom. The molecule has 1 aliphatic carbocycles. The summed E-state index contributed by atoms with van der Waals surface area (Å²) in [6, 6.07) is 6.79. The summed E-state index contributed by atoms with van der Waals surface area (Å²) in [5.74, 6) is -0.615. The van der Waals surface area contributed by atoms with E-state index in [2.05, 4.69) is 0 Å². The molecule has 112 valence electrons. The van der Waals surface area contributed by atoms with Crippen molar-refractivity contribution in [3.05, 3.63) is 40.6 Å². The number of ketones is 2. The van der Waals surface area contributed by atoms with Gasteiger partial charge in [-0.05, 0) is 17.5 Å². The number of aliphatic hydroxyl groups is 1. The molecule has 0 heterocycles. The zero-order chi connectivity index (χ0) is 15.6. The molecule has 1 N–H and O–H groups in total. The van der Waals surface area contributed by atoms with Crippen molar-refractivity contribution >= 4 is 23.2 Å². The molecule has 0 saturated heterocycles. The van der Waals surface area contributed by atoms with Crippen LogP contribution in [0.25, 0.3) is 0 Å². The molecular weight excluding hydrogens is 292 g/mol. The van der Waals surface area contributed by atoms with E-state index in [9.17, 15) is 14.7 Å². The van der Waals surface area contributed by atoms with Crippen LogP contribution in [-0.4, -0.2) is 23.3 Å². The zero-order valence-corrected chi connectivity index (χ0v) is 12.7. The van der Waals surface area contributed by atoms with Crippen LogP contribution < -0.4 is 4.74 Å². The fourth-order valence-electron chi connectivity index (χ4n) is 2.37. The highest BCUT2D eigenvalue weighted by Crippen LogP contribution is 2.34. The van der Waals surface area contributed by atoms with Crippen molar-refractivity contribution < 1.29 is 19.4 Å². The number of hydrogen-bond acceptors (Lipinski definition) is 4. The third kappa shape index (κ3) is 3.64. The second kappa shape index (κ2) is 5.90. The van der Waals surface area contributed by atoms with Crippen LogP contribution in [0.2, 0.25) is 5.02 Å². The number of para-hydroxylation sites is 1. The van der Waals surface area contributed by atoms with Gasteiger partial charge in [-0.1, -0.05) is 37.6 Å². The molecule has 1 fully saturated rings. The van der Waals surface area contributed by atoms with Gasteiger partial charge in [0.2, 0.25) is 0 Å². The van der Waals surface area contributed by atoms with Crippen LogP contribution in [0.4, 0.5) is 0 Å². The first-order valence-electron chi connectivity index (χ1n) is 6.66. The van der Waals surface area contributed by atoms with E-state index in [0.717, 1.165) is 0 Å². The van der Waals surface area contributed by atoms with Gasteiger partial charge in [-0.25, -0.2) is 0 Å². The predicted molar refractivity (Wildman–Crippen MR) is 79.6 cm³/mol. The Morgan fingerprint density at radius 2 is 1.81 bits per heavy atom. The summed E-state index contributed by atoms with van der Waals surface area (Å²) in [6.45, 7) is 3.46. The lowest BCUT2D eigenvalue weighted by Crippen LogP contribution is -2.33. The van der Waals surface area contributed by atoms with Crippen LogP contribution in [0.1, 0.15) is 26.7 Å². The van der Waals surface area contributed by atoms with Gasteiger partial charge in [-0.15, -0.1) is 0 Å². The molecule has 5 heteroatoms. The van der Waals surface area contributed by atoms with Crippen LogP contribution in [0.15, 0.2) is 35.6 Å². The molecule has 0 spiro atoms. The van der Waals surface area contributed by atoms with Crippen LogP contribution in [0.3, 0.4) is 0 Å². The number of halogens is 1. The van der Waals surface area contributed by atoms with E-state index >= 15 is 0 Å². The zero-order valence-electron chi connectivity index (χ0n) is 12.0. The lowest BCUT2D eigenvalue weighted by Gasteiger charge is -2.28. The number of benzene rings is 1. The highest BCUT2D eigenvalue weighted by Gasteiger charge is 2.37. The molecule has 0 unspecified atom stereocenters. The van der Waals surface area contributed by atoms with E-state index in [1.54, 1.807) is 24.3 Å². The molecule has 0 amide bonds. The van der Waals surface area contributed by atoms with Crippen molar-refractivity contribution in [2.45, 2.75) is 26.7 Å². The molecule has 0 bridgehead atoms. The third-order valence-corrected chi connectivity index (χ3v) is 3.64. The van der Waals surface area contributed by atoms with Crippen molar-refractivity contribution in [1.82, 2.24) is 0 Å². The standard InChI is InChI=1S/C16H17ClO4/c1-16(2)7-11(18)15(12(19)8-16)13(20)9-21-14-6-4-3-5-10(14)17/h3-6,20H,7-9H2,1-2H3. The highest BCUT2D eigenvalue weighted by atomic mass is 35.5. The number of ether oxygens (including phenoxy) is 1. The Hall–Kier alpha value is -1.81. The molecule has 0 atom stereocenters. The Labute approximate surface area is 128 Å². The minimum absolute atomic E-state index is 0.138. The Bertz CT molecular complexity index is 594. The molecule has 21 heavy (non-hydrogen) atoms. The van der Waals surface area contributed by atoms with Gasteiger partial charge in [0.15, 0.2) is 11.6 Å². The van der Waals surface area contributed by atoms with Gasteiger partial charge < -0.3 is 9.84 Å². The monoisotopic (exact) mass is 308 g/mol. The summed E-state index contributed by atoms with van der Waals surface area (Å²) in [4.78, 5) is 24.0. The van der Waals surface area contributed by atoms with E-state index in [1.165, 1.54) is 0 Å². The average molecular weight is 309 g/mol. The smallest absolute Gasteiger partial charge is 0.170 e. The fourth-order valence-corrected chi connectivity index (χ4v) is 2.56. The quantitative estimate of drug-likeness (QED) is 0.527. The molecule has 0 radical (unpaired) electrons. The second-order valence-corrected chi connectivity index (χ2v) is 6.31. The number of carbonyl (C=O) groups is 2. The van der Waals surface area contributed by atoms with E-state index in [0.29, 0.717) is 10.8 Å². The van der Waals surface area contributed by atoms with Crippen molar-refractivity contribution in [1.29, 1.82) is 0 Å². The number of aliphatic hydroxyl groups excluding tert-OH is 1. The average Bonchev–Trinajstić information content (AvgIpc) is 2.35. The Kier molecular flexibility index (Phi) is 4.37. The van der Waals surface area contributed by atoms with Crippen LogP contribution in [0, 0.1) is 5.41 Å². The predicted octanol–water partition coefficient (Wildman–Crippen LogP) is 3.49. The highest BCUT2D eigenvalue weighted by molar-refractivity contribution is 6.32. The molecule has 0 aromatic heterocycles. The Morgan fingerprint density at radius 3 is 2.38 bits per heavy atom. The minimum Gasteiger partial charge on any atom is -0.508 e. The minimum atomic E-state index is -0.360. The van der Waals surface area contributed by atoms with Gasteiger partial charge in [-0.2, -0.15) is 0 Å². The van der Waals surface area contributed by atoms with Gasteiger partial charge in [-0.3, -0.25) is 9.59 Å². The third-order valence-electron chi connectivity index (χ3n) is 3.33. The van der Waals surface area contributed by atoms with E-state index < -0.39 is 0 Å². The number of allylic oxidation sites excluding steroid dienone is 1. The lowest BCUT2D eigenvalue weighted by atomic mass is 9.74. The van der Waals surface area contributed by atoms with Crippen molar-refractivity contribution in [2.24, 2.45) is 5.41 Å². The van der Waals surface area contributed by atoms with Gasteiger partial charge in [0, 0.05) is 12.8 Å². The summed E-state index contributed by atoms with van der Waals surface area (Å²) in [7, 11) is 0. The summed E-state index contributed by atoms with van der Waals surface area (Å²) in [6.07, 6.45) is 0.481. The summed E-state index contributed by atoms with van der Waals surface area (Å²) in [5, 5.41) is 10.4. The Balaban J connectivity index is 2.15. The molecule has 1 aromatic carbocycles. The van der Waals surface area contributed by atoms with E-state index in [4.69, 9.17) is 16.3 Å². The first kappa shape index (κ1) is 15.6. The largest absolute Gasteiger partial charge is 0.508 e. The van der Waals surface area contributed by atoms with E-state index in [-0.39, 0.29) is 47.8 Å². The lowest BCUT2D eigenvalue weighted by molar-refractivity contribution is -0.127. The van der Waals surface area contributed by atoms with Crippen LogP contribution in [0.5, 0.6) is 5.75 Å².